The molecule has 2 amide bonds. The van der Waals surface area contributed by atoms with Gasteiger partial charge in [-0.25, -0.2) is 0 Å². The molecule has 3 aromatic carbocycles. The third-order valence-corrected chi connectivity index (χ3v) is 5.12. The Labute approximate surface area is 195 Å². The van der Waals surface area contributed by atoms with Crippen molar-refractivity contribution in [2.45, 2.75) is 20.3 Å². The lowest BCUT2D eigenvalue weighted by Gasteiger charge is -2.16. The van der Waals surface area contributed by atoms with Gasteiger partial charge in [-0.3, -0.25) is 9.59 Å². The lowest BCUT2D eigenvalue weighted by Crippen LogP contribution is -2.17. The monoisotopic (exact) mass is 445 g/mol. The normalized spacial score (nSPS) is 10.7. The molecular weight excluding hydrogens is 414 g/mol. The van der Waals surface area contributed by atoms with Gasteiger partial charge >= 0.3 is 0 Å². The summed E-state index contributed by atoms with van der Waals surface area (Å²) in [5.41, 5.74) is 4.36. The third kappa shape index (κ3) is 7.19. The van der Waals surface area contributed by atoms with Crippen molar-refractivity contribution in [1.29, 1.82) is 0 Å². The molecule has 0 spiro atoms. The van der Waals surface area contributed by atoms with E-state index >= 15 is 0 Å². The summed E-state index contributed by atoms with van der Waals surface area (Å²) in [5.74, 6) is 0.100. The van der Waals surface area contributed by atoms with Gasteiger partial charge in [-0.15, -0.1) is 0 Å². The first-order valence-corrected chi connectivity index (χ1v) is 11.0. The van der Waals surface area contributed by atoms with Gasteiger partial charge in [0.1, 0.15) is 5.75 Å². The molecule has 0 heterocycles. The first kappa shape index (κ1) is 24.0. The molecule has 6 nitrogen and oxygen atoms in total. The molecule has 3 aromatic rings. The Kier molecular flexibility index (Phi) is 8.22. The van der Waals surface area contributed by atoms with Gasteiger partial charge in [-0.1, -0.05) is 35.4 Å². The summed E-state index contributed by atoms with van der Waals surface area (Å²) in [5, 5.41) is 5.83. The zero-order valence-electron chi connectivity index (χ0n) is 19.6. The lowest BCUT2D eigenvalue weighted by molar-refractivity contribution is 0.101. The Balaban J connectivity index is 1.79. The number of benzene rings is 3. The number of nitrogens with zero attached hydrogens (tertiary/aromatic N) is 1. The first-order chi connectivity index (χ1) is 15.8. The van der Waals surface area contributed by atoms with Crippen LogP contribution in [0.1, 0.15) is 38.3 Å². The minimum Gasteiger partial charge on any atom is -0.491 e. The van der Waals surface area contributed by atoms with E-state index in [-0.39, 0.29) is 11.8 Å². The van der Waals surface area contributed by atoms with Gasteiger partial charge in [0, 0.05) is 23.4 Å². The molecular formula is C27H31N3O3. The average Bonchev–Trinajstić information content (AvgIpc) is 2.78. The van der Waals surface area contributed by atoms with Crippen molar-refractivity contribution in [3.8, 4) is 5.75 Å². The summed E-state index contributed by atoms with van der Waals surface area (Å²) < 4.78 is 5.95. The maximum Gasteiger partial charge on any atom is 0.255 e. The van der Waals surface area contributed by atoms with Crippen molar-refractivity contribution in [3.63, 3.8) is 0 Å². The lowest BCUT2D eigenvalue weighted by atomic mass is 10.1. The number of amides is 2. The Morgan fingerprint density at radius 3 is 1.88 bits per heavy atom. The van der Waals surface area contributed by atoms with Crippen LogP contribution in [0.5, 0.6) is 5.75 Å². The van der Waals surface area contributed by atoms with Crippen LogP contribution in [0.3, 0.4) is 0 Å². The summed E-state index contributed by atoms with van der Waals surface area (Å²) >= 11 is 0. The highest BCUT2D eigenvalue weighted by Gasteiger charge is 2.13. The van der Waals surface area contributed by atoms with Crippen LogP contribution in [0.4, 0.5) is 11.4 Å². The number of aryl methyl sites for hydroxylation is 2. The average molecular weight is 446 g/mol. The van der Waals surface area contributed by atoms with Crippen LogP contribution in [0.2, 0.25) is 0 Å². The van der Waals surface area contributed by atoms with E-state index in [1.807, 2.05) is 52.2 Å². The second-order valence-electron chi connectivity index (χ2n) is 8.36. The van der Waals surface area contributed by atoms with Gasteiger partial charge in [0.05, 0.1) is 12.3 Å². The van der Waals surface area contributed by atoms with E-state index in [9.17, 15) is 9.59 Å². The Morgan fingerprint density at radius 2 is 1.33 bits per heavy atom. The van der Waals surface area contributed by atoms with Crippen molar-refractivity contribution in [2.75, 3.05) is 37.9 Å². The molecule has 2 N–H and O–H groups in total. The van der Waals surface area contributed by atoms with Gasteiger partial charge in [0.15, 0.2) is 0 Å². The van der Waals surface area contributed by atoms with Crippen molar-refractivity contribution in [2.24, 2.45) is 0 Å². The van der Waals surface area contributed by atoms with E-state index in [2.05, 4.69) is 15.5 Å². The molecule has 0 saturated carbocycles. The van der Waals surface area contributed by atoms with Crippen LogP contribution in [0.25, 0.3) is 0 Å². The molecule has 0 atom stereocenters. The fraction of sp³-hybridized carbons (Fsp3) is 0.259. The van der Waals surface area contributed by atoms with E-state index in [0.717, 1.165) is 24.1 Å². The molecule has 0 fully saturated rings. The third-order valence-electron chi connectivity index (χ3n) is 5.12. The highest BCUT2D eigenvalue weighted by molar-refractivity contribution is 6.07. The Morgan fingerprint density at radius 1 is 0.788 bits per heavy atom. The molecule has 0 bridgehead atoms. The van der Waals surface area contributed by atoms with Crippen molar-refractivity contribution in [1.82, 2.24) is 4.90 Å². The molecule has 33 heavy (non-hydrogen) atoms. The molecule has 0 unspecified atom stereocenters. The fourth-order valence-corrected chi connectivity index (χ4v) is 3.20. The highest BCUT2D eigenvalue weighted by Crippen LogP contribution is 2.29. The molecule has 0 saturated heterocycles. The molecule has 0 radical (unpaired) electrons. The Hall–Kier alpha value is -3.64. The number of nitrogens with one attached hydrogen (secondary N) is 2. The summed E-state index contributed by atoms with van der Waals surface area (Å²) in [6.07, 6.45) is 0.851. The molecule has 3 rings (SSSR count). The standard InChI is InChI=1S/C27H31N3O3/c1-19-6-10-21(11-7-19)26(31)28-23-14-15-25(33-17-5-16-30(3)4)24(18-23)29-27(32)22-12-8-20(2)9-13-22/h6-15,18H,5,16-17H2,1-4H3,(H,28,31)(H,29,32). The van der Waals surface area contributed by atoms with Gasteiger partial charge < -0.3 is 20.3 Å². The second kappa shape index (κ2) is 11.3. The number of anilines is 2. The minimum atomic E-state index is -0.241. The van der Waals surface area contributed by atoms with E-state index < -0.39 is 0 Å². The quantitative estimate of drug-likeness (QED) is 0.448. The van der Waals surface area contributed by atoms with Crippen molar-refractivity contribution in [3.05, 3.63) is 89.0 Å². The predicted octanol–water partition coefficient (Wildman–Crippen LogP) is 5.14. The van der Waals surface area contributed by atoms with Crippen LogP contribution in [0, 0.1) is 13.8 Å². The second-order valence-corrected chi connectivity index (χ2v) is 8.36. The van der Waals surface area contributed by atoms with Crippen LogP contribution >= 0.6 is 0 Å². The van der Waals surface area contributed by atoms with Crippen molar-refractivity contribution >= 4 is 23.2 Å². The number of carbonyl (C=O) groups is 2. The van der Waals surface area contributed by atoms with E-state index in [0.29, 0.717) is 34.9 Å². The highest BCUT2D eigenvalue weighted by atomic mass is 16.5. The zero-order chi connectivity index (χ0) is 23.8. The van der Waals surface area contributed by atoms with Crippen LogP contribution in [-0.4, -0.2) is 44.0 Å². The van der Waals surface area contributed by atoms with Crippen LogP contribution in [-0.2, 0) is 0 Å². The van der Waals surface area contributed by atoms with Gasteiger partial charge in [0.25, 0.3) is 11.8 Å². The van der Waals surface area contributed by atoms with Crippen LogP contribution < -0.4 is 15.4 Å². The largest absolute Gasteiger partial charge is 0.491 e. The minimum absolute atomic E-state index is 0.217. The smallest absolute Gasteiger partial charge is 0.255 e. The van der Waals surface area contributed by atoms with E-state index in [4.69, 9.17) is 4.74 Å². The van der Waals surface area contributed by atoms with Crippen molar-refractivity contribution < 1.29 is 14.3 Å². The Bertz CT molecular complexity index is 1090. The summed E-state index contributed by atoms with van der Waals surface area (Å²) in [7, 11) is 4.03. The summed E-state index contributed by atoms with van der Waals surface area (Å²) in [6, 6.07) is 20.0. The van der Waals surface area contributed by atoms with Crippen LogP contribution in [0.15, 0.2) is 66.7 Å². The zero-order valence-corrected chi connectivity index (χ0v) is 19.6. The molecule has 0 aromatic heterocycles. The SMILES string of the molecule is Cc1ccc(C(=O)Nc2ccc(OCCCN(C)C)c(NC(=O)c3ccc(C)cc3)c2)cc1. The number of ether oxygens (including phenoxy) is 1. The van der Waals surface area contributed by atoms with Gasteiger partial charge in [-0.05, 0) is 76.8 Å². The van der Waals surface area contributed by atoms with E-state index in [1.165, 1.54) is 0 Å². The fourth-order valence-electron chi connectivity index (χ4n) is 3.20. The number of carbonyl (C=O) groups excluding carboxylic acids is 2. The molecule has 0 aliphatic heterocycles. The van der Waals surface area contributed by atoms with Gasteiger partial charge in [-0.2, -0.15) is 0 Å². The molecule has 6 heteroatoms. The summed E-state index contributed by atoms with van der Waals surface area (Å²) in [6.45, 7) is 5.36. The molecule has 0 aliphatic rings. The maximum absolute atomic E-state index is 12.8. The number of hydrogen-bond donors (Lipinski definition) is 2. The van der Waals surface area contributed by atoms with E-state index in [1.54, 1.807) is 42.5 Å². The maximum atomic E-state index is 12.8. The number of rotatable bonds is 9. The topological polar surface area (TPSA) is 70.7 Å². The predicted molar refractivity (Wildman–Crippen MR) is 133 cm³/mol. The summed E-state index contributed by atoms with van der Waals surface area (Å²) in [4.78, 5) is 27.6. The molecule has 0 aliphatic carbocycles. The number of hydrogen-bond acceptors (Lipinski definition) is 4. The van der Waals surface area contributed by atoms with Gasteiger partial charge in [0.2, 0.25) is 0 Å². The molecule has 172 valence electrons. The first-order valence-electron chi connectivity index (χ1n) is 11.0.